The van der Waals surface area contributed by atoms with Gasteiger partial charge >= 0.3 is 12.2 Å². The monoisotopic (exact) mass is 557 g/mol. The number of ether oxygens (including phenoxy) is 2. The van der Waals surface area contributed by atoms with Gasteiger partial charge in [0.15, 0.2) is 0 Å². The number of nitrogens with zero attached hydrogens (tertiary/aromatic N) is 2. The molecule has 11 nitrogen and oxygen atoms in total. The van der Waals surface area contributed by atoms with Crippen LogP contribution in [0.5, 0.6) is 0 Å². The summed E-state index contributed by atoms with van der Waals surface area (Å²) in [4.78, 5) is 55.2. The molecule has 0 aromatic heterocycles. The molecular formula is C29H43N5O6. The first kappa shape index (κ1) is 29.5. The molecule has 3 aliphatic rings. The summed E-state index contributed by atoms with van der Waals surface area (Å²) < 4.78 is 11.2. The predicted molar refractivity (Wildman–Crippen MR) is 151 cm³/mol. The molecule has 1 aromatic rings. The third-order valence-electron chi connectivity index (χ3n) is 7.94. The fourth-order valence-corrected chi connectivity index (χ4v) is 5.80. The van der Waals surface area contributed by atoms with Crippen LogP contribution in [-0.2, 0) is 19.1 Å². The maximum atomic E-state index is 13.7. The Bertz CT molecular complexity index is 1080. The van der Waals surface area contributed by atoms with Crippen LogP contribution in [0.1, 0.15) is 72.1 Å². The summed E-state index contributed by atoms with van der Waals surface area (Å²) in [5, 5.41) is 5.55. The largest absolute Gasteiger partial charge is 0.446 e. The summed E-state index contributed by atoms with van der Waals surface area (Å²) in [5.41, 5.74) is 6.55. The number of primary amides is 1. The van der Waals surface area contributed by atoms with Crippen molar-refractivity contribution in [2.75, 3.05) is 29.9 Å². The van der Waals surface area contributed by atoms with Crippen LogP contribution in [0.15, 0.2) is 24.3 Å². The van der Waals surface area contributed by atoms with Gasteiger partial charge in [0, 0.05) is 19.5 Å². The highest BCUT2D eigenvalue weighted by atomic mass is 16.6. The zero-order valence-electron chi connectivity index (χ0n) is 23.8. The Kier molecular flexibility index (Phi) is 9.42. The van der Waals surface area contributed by atoms with Crippen molar-refractivity contribution in [1.82, 2.24) is 10.2 Å². The molecule has 0 radical (unpaired) electrons. The number of nitrogens with two attached hydrogens (primary N) is 1. The fraction of sp³-hybridized carbons (Fsp3) is 0.655. The van der Waals surface area contributed by atoms with Crippen LogP contribution in [-0.4, -0.2) is 72.8 Å². The number of likely N-dealkylation sites (tertiary alicyclic amines) is 1. The molecule has 220 valence electrons. The molecule has 11 heteroatoms. The number of carbonyl (C=O) groups is 4. The van der Waals surface area contributed by atoms with Crippen LogP contribution < -0.4 is 21.3 Å². The Hall–Kier alpha value is -3.50. The van der Waals surface area contributed by atoms with Gasteiger partial charge in [0.25, 0.3) is 0 Å². The number of rotatable bonds is 7. The minimum absolute atomic E-state index is 0.0143. The quantitative estimate of drug-likeness (QED) is 0.463. The molecule has 3 fully saturated rings. The SMILES string of the molecule is CC(C)(C)[C@H](NC(=O)OC1CCCC1)C(=O)N1C[C@H](OC(=O)Nc2ccccc2N2CCCCC2)C[C@H]1C(N)=O. The number of alkyl carbamates (subject to hydrolysis) is 1. The van der Waals surface area contributed by atoms with E-state index in [1.165, 1.54) is 11.3 Å². The topological polar surface area (TPSA) is 143 Å². The Morgan fingerprint density at radius 2 is 1.57 bits per heavy atom. The summed E-state index contributed by atoms with van der Waals surface area (Å²) in [5.74, 6) is -1.17. The van der Waals surface area contributed by atoms with E-state index in [-0.39, 0.29) is 19.1 Å². The van der Waals surface area contributed by atoms with Gasteiger partial charge in [0.05, 0.1) is 17.9 Å². The molecule has 4 N–H and O–H groups in total. The highest BCUT2D eigenvalue weighted by Crippen LogP contribution is 2.30. The Morgan fingerprint density at radius 3 is 2.23 bits per heavy atom. The van der Waals surface area contributed by atoms with Crippen molar-refractivity contribution < 1.29 is 28.7 Å². The highest BCUT2D eigenvalue weighted by molar-refractivity contribution is 5.93. The first-order chi connectivity index (χ1) is 19.0. The molecule has 2 aliphatic heterocycles. The predicted octanol–water partition coefficient (Wildman–Crippen LogP) is 3.76. The number of benzene rings is 1. The minimum atomic E-state index is -0.969. The average Bonchev–Trinajstić information content (AvgIpc) is 3.57. The first-order valence-electron chi connectivity index (χ1n) is 14.4. The number of piperidine rings is 1. The third kappa shape index (κ3) is 7.37. The highest BCUT2D eigenvalue weighted by Gasteiger charge is 2.45. The van der Waals surface area contributed by atoms with Crippen molar-refractivity contribution in [2.24, 2.45) is 11.1 Å². The van der Waals surface area contributed by atoms with Crippen molar-refractivity contribution >= 4 is 35.4 Å². The molecule has 2 heterocycles. The van der Waals surface area contributed by atoms with Crippen molar-refractivity contribution in [3.8, 4) is 0 Å². The van der Waals surface area contributed by atoms with Gasteiger partial charge < -0.3 is 30.3 Å². The van der Waals surface area contributed by atoms with Crippen LogP contribution in [0.4, 0.5) is 21.0 Å². The van der Waals surface area contributed by atoms with Crippen molar-refractivity contribution in [2.45, 2.75) is 96.4 Å². The molecule has 4 rings (SSSR count). The zero-order chi connectivity index (χ0) is 28.9. The molecule has 0 unspecified atom stereocenters. The molecule has 0 spiro atoms. The van der Waals surface area contributed by atoms with Gasteiger partial charge in [0.2, 0.25) is 11.8 Å². The minimum Gasteiger partial charge on any atom is -0.446 e. The molecule has 0 bridgehead atoms. The molecule has 2 saturated heterocycles. The van der Waals surface area contributed by atoms with Crippen molar-refractivity contribution in [3.05, 3.63) is 24.3 Å². The van der Waals surface area contributed by atoms with E-state index in [0.29, 0.717) is 5.69 Å². The van der Waals surface area contributed by atoms with Gasteiger partial charge in [-0.25, -0.2) is 9.59 Å². The van der Waals surface area contributed by atoms with E-state index in [1.54, 1.807) is 0 Å². The maximum Gasteiger partial charge on any atom is 0.412 e. The normalized spacial score (nSPS) is 22.5. The van der Waals surface area contributed by atoms with E-state index in [2.05, 4.69) is 15.5 Å². The van der Waals surface area contributed by atoms with Crippen LogP contribution in [0.2, 0.25) is 0 Å². The number of amides is 4. The Balaban J connectivity index is 1.41. The smallest absolute Gasteiger partial charge is 0.412 e. The van der Waals surface area contributed by atoms with Gasteiger partial charge in [-0.05, 0) is 62.5 Å². The lowest BCUT2D eigenvalue weighted by molar-refractivity contribution is -0.141. The van der Waals surface area contributed by atoms with E-state index in [4.69, 9.17) is 15.2 Å². The summed E-state index contributed by atoms with van der Waals surface area (Å²) >= 11 is 0. The van der Waals surface area contributed by atoms with Crippen LogP contribution in [0, 0.1) is 5.41 Å². The summed E-state index contributed by atoms with van der Waals surface area (Å²) in [6, 6.07) is 5.64. The molecule has 4 amide bonds. The van der Waals surface area contributed by atoms with Gasteiger partial charge in [-0.2, -0.15) is 0 Å². The van der Waals surface area contributed by atoms with Gasteiger partial charge in [-0.15, -0.1) is 0 Å². The zero-order valence-corrected chi connectivity index (χ0v) is 23.8. The van der Waals surface area contributed by atoms with Crippen molar-refractivity contribution in [1.29, 1.82) is 0 Å². The Morgan fingerprint density at radius 1 is 0.925 bits per heavy atom. The van der Waals surface area contributed by atoms with Gasteiger partial charge in [0.1, 0.15) is 24.3 Å². The number of nitrogens with one attached hydrogen (secondary N) is 2. The summed E-state index contributed by atoms with van der Waals surface area (Å²) in [6.07, 6.45) is 4.87. The van der Waals surface area contributed by atoms with Crippen molar-refractivity contribution in [3.63, 3.8) is 0 Å². The number of para-hydroxylation sites is 2. The number of anilines is 2. The van der Waals surface area contributed by atoms with Crippen LogP contribution in [0.25, 0.3) is 0 Å². The van der Waals surface area contributed by atoms with E-state index >= 15 is 0 Å². The summed E-state index contributed by atoms with van der Waals surface area (Å²) in [7, 11) is 0. The fourth-order valence-electron chi connectivity index (χ4n) is 5.80. The Labute approximate surface area is 236 Å². The number of carbonyl (C=O) groups excluding carboxylic acids is 4. The lowest BCUT2D eigenvalue weighted by atomic mass is 9.85. The maximum absolute atomic E-state index is 13.7. The second kappa shape index (κ2) is 12.8. The lowest BCUT2D eigenvalue weighted by Crippen LogP contribution is -2.57. The standard InChI is InChI=1S/C29H43N5O6/c1-29(2,3)24(32-28(38)39-19-11-5-6-12-19)26(36)34-18-20(17-23(34)25(30)35)40-27(37)31-21-13-7-8-14-22(21)33-15-9-4-10-16-33/h7-8,13-14,19-20,23-24H,4-6,9-12,15-18H2,1-3H3,(H2,30,35)(H,31,37)(H,32,38)/t20-,23+,24-/m1/s1. The first-order valence-corrected chi connectivity index (χ1v) is 14.4. The molecule has 1 saturated carbocycles. The summed E-state index contributed by atoms with van der Waals surface area (Å²) in [6.45, 7) is 7.29. The molecule has 40 heavy (non-hydrogen) atoms. The van der Waals surface area contributed by atoms with Gasteiger partial charge in [-0.1, -0.05) is 32.9 Å². The molecular weight excluding hydrogens is 514 g/mol. The molecule has 1 aromatic carbocycles. The lowest BCUT2D eigenvalue weighted by Gasteiger charge is -2.34. The van der Waals surface area contributed by atoms with Gasteiger partial charge in [-0.3, -0.25) is 14.9 Å². The van der Waals surface area contributed by atoms with Crippen LogP contribution >= 0.6 is 0 Å². The van der Waals surface area contributed by atoms with E-state index in [9.17, 15) is 19.2 Å². The average molecular weight is 558 g/mol. The molecule has 1 aliphatic carbocycles. The third-order valence-corrected chi connectivity index (χ3v) is 7.94. The van der Waals surface area contributed by atoms with E-state index in [1.807, 2.05) is 45.0 Å². The number of hydrogen-bond acceptors (Lipinski definition) is 7. The second-order valence-corrected chi connectivity index (χ2v) is 12.1. The molecule has 3 atom stereocenters. The van der Waals surface area contributed by atoms with E-state index < -0.39 is 47.6 Å². The van der Waals surface area contributed by atoms with E-state index in [0.717, 1.165) is 57.3 Å². The second-order valence-electron chi connectivity index (χ2n) is 12.1. The van der Waals surface area contributed by atoms with Crippen LogP contribution in [0.3, 0.4) is 0 Å². The number of hydrogen-bond donors (Lipinski definition) is 3.